The fourth-order valence-corrected chi connectivity index (χ4v) is 2.54. The van der Waals surface area contributed by atoms with Crippen LogP contribution in [0.25, 0.3) is 0 Å². The molecule has 3 rings (SSSR count). The third kappa shape index (κ3) is 5.04. The molecule has 0 radical (unpaired) electrons. The van der Waals surface area contributed by atoms with E-state index in [1.54, 1.807) is 48.7 Å². The van der Waals surface area contributed by atoms with Gasteiger partial charge in [0.15, 0.2) is 11.5 Å². The quantitative estimate of drug-likeness (QED) is 0.302. The van der Waals surface area contributed by atoms with Gasteiger partial charge in [-0.2, -0.15) is 5.10 Å². The van der Waals surface area contributed by atoms with Crippen molar-refractivity contribution in [2.45, 2.75) is 6.92 Å². The number of hydrogen-bond donors (Lipinski definition) is 1. The maximum absolute atomic E-state index is 12.2. The van der Waals surface area contributed by atoms with E-state index in [1.807, 2.05) is 19.1 Å². The molecule has 7 nitrogen and oxygen atoms in total. The third-order valence-corrected chi connectivity index (χ3v) is 4.06. The molecule has 0 saturated carbocycles. The number of aryl methyl sites for hydroxylation is 1. The van der Waals surface area contributed by atoms with Crippen molar-refractivity contribution < 1.29 is 19.1 Å². The lowest BCUT2D eigenvalue weighted by Crippen LogP contribution is -2.18. The van der Waals surface area contributed by atoms with Crippen molar-refractivity contribution in [2.24, 2.45) is 5.10 Å². The Bertz CT molecular complexity index is 1050. The Morgan fingerprint density at radius 1 is 1.07 bits per heavy atom. The molecule has 0 atom stereocenters. The van der Waals surface area contributed by atoms with Crippen LogP contribution in [-0.2, 0) is 0 Å². The third-order valence-electron chi connectivity index (χ3n) is 4.06. The highest BCUT2D eigenvalue weighted by Gasteiger charge is 2.13. The van der Waals surface area contributed by atoms with Crippen LogP contribution in [-0.4, -0.2) is 30.2 Å². The number of amides is 1. The number of methoxy groups -OCH3 is 1. The highest BCUT2D eigenvalue weighted by atomic mass is 16.6. The predicted molar refractivity (Wildman–Crippen MR) is 108 cm³/mol. The van der Waals surface area contributed by atoms with E-state index in [9.17, 15) is 9.59 Å². The number of nitrogens with zero attached hydrogens (tertiary/aromatic N) is 2. The Morgan fingerprint density at radius 2 is 1.90 bits per heavy atom. The second-order valence-corrected chi connectivity index (χ2v) is 6.06. The molecular weight excluding hydrogens is 370 g/mol. The summed E-state index contributed by atoms with van der Waals surface area (Å²) in [5.74, 6) is -0.212. The molecule has 1 aromatic heterocycles. The SMILES string of the molecule is COc1cc(/C=N\NC(=O)c2ccccc2C)ccc1OC(=O)c1cccnc1. The molecule has 29 heavy (non-hydrogen) atoms. The van der Waals surface area contributed by atoms with Crippen LogP contribution in [0.3, 0.4) is 0 Å². The second kappa shape index (κ2) is 9.27. The van der Waals surface area contributed by atoms with Gasteiger partial charge in [-0.1, -0.05) is 18.2 Å². The summed E-state index contributed by atoms with van der Waals surface area (Å²) in [6, 6.07) is 15.4. The standard InChI is InChI=1S/C22H19N3O4/c1-15-6-3-4-8-18(15)21(26)25-24-13-16-9-10-19(20(12-16)28-2)29-22(27)17-7-5-11-23-14-17/h3-14H,1-2H3,(H,25,26)/b24-13-. The van der Waals surface area contributed by atoms with Crippen LogP contribution in [0.15, 0.2) is 72.1 Å². The molecule has 0 spiro atoms. The lowest BCUT2D eigenvalue weighted by Gasteiger charge is -2.09. The average molecular weight is 389 g/mol. The Kier molecular flexibility index (Phi) is 6.32. The minimum absolute atomic E-state index is 0.266. The molecule has 3 aromatic rings. The highest BCUT2D eigenvalue weighted by Crippen LogP contribution is 2.28. The zero-order valence-electron chi connectivity index (χ0n) is 16.0. The van der Waals surface area contributed by atoms with Gasteiger partial charge in [-0.25, -0.2) is 10.2 Å². The van der Waals surface area contributed by atoms with Crippen LogP contribution < -0.4 is 14.9 Å². The van der Waals surface area contributed by atoms with Crippen molar-refractivity contribution in [1.82, 2.24) is 10.4 Å². The number of hydrazone groups is 1. The number of rotatable bonds is 6. The number of pyridine rings is 1. The van der Waals surface area contributed by atoms with Crippen LogP contribution in [0.5, 0.6) is 11.5 Å². The van der Waals surface area contributed by atoms with Gasteiger partial charge in [-0.05, 0) is 54.4 Å². The molecule has 1 heterocycles. The van der Waals surface area contributed by atoms with E-state index in [2.05, 4.69) is 15.5 Å². The molecule has 0 aliphatic carbocycles. The van der Waals surface area contributed by atoms with E-state index in [4.69, 9.17) is 9.47 Å². The lowest BCUT2D eigenvalue weighted by atomic mass is 10.1. The first-order chi connectivity index (χ1) is 14.1. The molecule has 0 fully saturated rings. The largest absolute Gasteiger partial charge is 0.493 e. The number of carbonyl (C=O) groups excluding carboxylic acids is 2. The zero-order chi connectivity index (χ0) is 20.6. The molecule has 0 aliphatic heterocycles. The first-order valence-corrected chi connectivity index (χ1v) is 8.78. The van der Waals surface area contributed by atoms with Crippen LogP contribution in [0.4, 0.5) is 0 Å². The van der Waals surface area contributed by atoms with E-state index >= 15 is 0 Å². The van der Waals surface area contributed by atoms with Gasteiger partial charge in [-0.3, -0.25) is 9.78 Å². The van der Waals surface area contributed by atoms with Crippen LogP contribution >= 0.6 is 0 Å². The van der Waals surface area contributed by atoms with E-state index in [1.165, 1.54) is 19.5 Å². The first kappa shape index (κ1) is 19.8. The minimum Gasteiger partial charge on any atom is -0.493 e. The fourth-order valence-electron chi connectivity index (χ4n) is 2.54. The molecule has 2 aromatic carbocycles. The monoisotopic (exact) mass is 389 g/mol. The summed E-state index contributed by atoms with van der Waals surface area (Å²) in [7, 11) is 1.47. The summed E-state index contributed by atoms with van der Waals surface area (Å²) in [6.07, 6.45) is 4.47. The number of aromatic nitrogens is 1. The van der Waals surface area contributed by atoms with Gasteiger partial charge in [-0.15, -0.1) is 0 Å². The van der Waals surface area contributed by atoms with Crippen molar-refractivity contribution >= 4 is 18.1 Å². The summed E-state index contributed by atoms with van der Waals surface area (Å²) in [4.78, 5) is 28.3. The van der Waals surface area contributed by atoms with Crippen LogP contribution in [0.2, 0.25) is 0 Å². The molecule has 146 valence electrons. The highest BCUT2D eigenvalue weighted by molar-refractivity contribution is 5.96. The minimum atomic E-state index is -0.539. The van der Waals surface area contributed by atoms with Gasteiger partial charge >= 0.3 is 5.97 Å². The fraction of sp³-hybridized carbons (Fsp3) is 0.0909. The van der Waals surface area contributed by atoms with Gasteiger partial charge in [0.25, 0.3) is 5.91 Å². The molecule has 1 N–H and O–H groups in total. The smallest absolute Gasteiger partial charge is 0.345 e. The van der Waals surface area contributed by atoms with Gasteiger partial charge in [0, 0.05) is 18.0 Å². The van der Waals surface area contributed by atoms with E-state index in [0.29, 0.717) is 22.4 Å². The average Bonchev–Trinajstić information content (AvgIpc) is 2.75. The van der Waals surface area contributed by atoms with E-state index in [-0.39, 0.29) is 11.7 Å². The molecule has 0 bridgehead atoms. The van der Waals surface area contributed by atoms with Crippen molar-refractivity contribution in [3.05, 3.63) is 89.2 Å². The summed E-state index contributed by atoms with van der Waals surface area (Å²) >= 11 is 0. The summed E-state index contributed by atoms with van der Waals surface area (Å²) in [5.41, 5.74) is 4.90. The van der Waals surface area contributed by atoms with E-state index < -0.39 is 5.97 Å². The number of hydrogen-bond acceptors (Lipinski definition) is 6. The zero-order valence-corrected chi connectivity index (χ0v) is 16.0. The van der Waals surface area contributed by atoms with Gasteiger partial charge in [0.2, 0.25) is 0 Å². The van der Waals surface area contributed by atoms with Gasteiger partial charge in [0.05, 0.1) is 18.9 Å². The maximum Gasteiger partial charge on any atom is 0.345 e. The number of esters is 1. The van der Waals surface area contributed by atoms with Crippen molar-refractivity contribution in [3.8, 4) is 11.5 Å². The number of ether oxygens (including phenoxy) is 2. The second-order valence-electron chi connectivity index (χ2n) is 6.06. The normalized spacial score (nSPS) is 10.6. The Hall–Kier alpha value is -4.00. The summed E-state index contributed by atoms with van der Waals surface area (Å²) in [6.45, 7) is 1.86. The van der Waals surface area contributed by atoms with Crippen molar-refractivity contribution in [2.75, 3.05) is 7.11 Å². The number of benzene rings is 2. The molecular formula is C22H19N3O4. The summed E-state index contributed by atoms with van der Waals surface area (Å²) in [5, 5.41) is 3.98. The van der Waals surface area contributed by atoms with Crippen molar-refractivity contribution in [3.63, 3.8) is 0 Å². The molecule has 0 unspecified atom stereocenters. The van der Waals surface area contributed by atoms with E-state index in [0.717, 1.165) is 5.56 Å². The molecule has 7 heteroatoms. The Balaban J connectivity index is 1.68. The molecule has 0 saturated heterocycles. The van der Waals surface area contributed by atoms with Gasteiger partial charge < -0.3 is 9.47 Å². The molecule has 0 aliphatic rings. The van der Waals surface area contributed by atoms with Gasteiger partial charge in [0.1, 0.15) is 0 Å². The number of nitrogens with one attached hydrogen (secondary N) is 1. The van der Waals surface area contributed by atoms with Crippen molar-refractivity contribution in [1.29, 1.82) is 0 Å². The summed E-state index contributed by atoms with van der Waals surface area (Å²) < 4.78 is 10.7. The number of carbonyl (C=O) groups is 2. The molecule has 1 amide bonds. The van der Waals surface area contributed by atoms with Crippen LogP contribution in [0, 0.1) is 6.92 Å². The van der Waals surface area contributed by atoms with Crippen LogP contribution in [0.1, 0.15) is 31.8 Å². The lowest BCUT2D eigenvalue weighted by molar-refractivity contribution is 0.0729. The Morgan fingerprint density at radius 3 is 2.62 bits per heavy atom. The Labute approximate surface area is 168 Å². The topological polar surface area (TPSA) is 89.9 Å². The maximum atomic E-state index is 12.2. The first-order valence-electron chi connectivity index (χ1n) is 8.78. The predicted octanol–water partition coefficient (Wildman–Crippen LogP) is 3.38.